The van der Waals surface area contributed by atoms with Crippen LogP contribution in [0.4, 0.5) is 5.69 Å². The highest BCUT2D eigenvalue weighted by Crippen LogP contribution is 2.32. The molecule has 2 amide bonds. The monoisotopic (exact) mass is 332 g/mol. The zero-order chi connectivity index (χ0) is 17.2. The average Bonchev–Trinajstić information content (AvgIpc) is 2.67. The maximum atomic E-state index is 13.2. The van der Waals surface area contributed by atoms with Gasteiger partial charge in [0.2, 0.25) is 0 Å². The molecule has 0 spiro atoms. The summed E-state index contributed by atoms with van der Waals surface area (Å²) in [7, 11) is 0. The largest absolute Gasteiger partial charge is 0.377 e. The number of nitrogens with zero attached hydrogens (tertiary/aromatic N) is 2. The third-order valence-corrected chi connectivity index (χ3v) is 4.80. The Hall–Kier alpha value is -2.88. The van der Waals surface area contributed by atoms with Crippen LogP contribution in [0.2, 0.25) is 0 Å². The summed E-state index contributed by atoms with van der Waals surface area (Å²) >= 11 is 0. The third-order valence-electron chi connectivity index (χ3n) is 4.80. The fourth-order valence-corrected chi connectivity index (χ4v) is 3.52. The number of hydrogen-bond acceptors (Lipinski definition) is 3. The highest BCUT2D eigenvalue weighted by atomic mass is 16.2. The topological polar surface area (TPSA) is 40.6 Å². The van der Waals surface area contributed by atoms with E-state index in [0.29, 0.717) is 16.8 Å². The molecule has 0 bridgehead atoms. The normalized spacial score (nSPS) is 19.3. The summed E-state index contributed by atoms with van der Waals surface area (Å²) in [6.45, 7) is 1.91. The van der Waals surface area contributed by atoms with Crippen LogP contribution in [0.1, 0.15) is 35.2 Å². The molecule has 2 aromatic carbocycles. The summed E-state index contributed by atoms with van der Waals surface area (Å²) in [5.41, 5.74) is 2.52. The molecule has 0 aliphatic carbocycles. The highest BCUT2D eigenvalue weighted by Gasteiger charge is 2.36. The number of para-hydroxylation sites is 1. The van der Waals surface area contributed by atoms with Crippen molar-refractivity contribution >= 4 is 23.1 Å². The van der Waals surface area contributed by atoms with E-state index in [2.05, 4.69) is 4.90 Å². The molecule has 4 nitrogen and oxygen atoms in total. The first kappa shape index (κ1) is 15.6. The Labute approximate surface area is 147 Å². The molecule has 126 valence electrons. The Morgan fingerprint density at radius 3 is 2.08 bits per heavy atom. The molecular formula is C21H20N2O2. The van der Waals surface area contributed by atoms with E-state index in [1.54, 1.807) is 18.2 Å². The van der Waals surface area contributed by atoms with E-state index < -0.39 is 0 Å². The summed E-state index contributed by atoms with van der Waals surface area (Å²) in [6.07, 6.45) is 5.46. The molecule has 0 aromatic heterocycles. The Morgan fingerprint density at radius 2 is 1.36 bits per heavy atom. The predicted molar refractivity (Wildman–Crippen MR) is 98.1 cm³/mol. The average molecular weight is 332 g/mol. The van der Waals surface area contributed by atoms with Crippen molar-refractivity contribution in [3.05, 3.63) is 71.9 Å². The van der Waals surface area contributed by atoms with Gasteiger partial charge in [-0.25, -0.2) is 4.90 Å². The molecule has 2 aliphatic heterocycles. The van der Waals surface area contributed by atoms with Crippen molar-refractivity contribution in [1.29, 1.82) is 0 Å². The van der Waals surface area contributed by atoms with Crippen LogP contribution in [0.15, 0.2) is 60.8 Å². The SMILES string of the molecule is O=C1/C(=C/N2CCCCC2)c2ccccc2C(=O)N1c1ccccc1. The van der Waals surface area contributed by atoms with Crippen LogP contribution in [0.3, 0.4) is 0 Å². The van der Waals surface area contributed by atoms with Gasteiger partial charge < -0.3 is 4.90 Å². The zero-order valence-corrected chi connectivity index (χ0v) is 14.0. The maximum Gasteiger partial charge on any atom is 0.267 e. The smallest absolute Gasteiger partial charge is 0.267 e. The van der Waals surface area contributed by atoms with Crippen LogP contribution in [0.5, 0.6) is 0 Å². The van der Waals surface area contributed by atoms with Crippen molar-refractivity contribution in [2.75, 3.05) is 18.0 Å². The van der Waals surface area contributed by atoms with Crippen LogP contribution < -0.4 is 4.90 Å². The second-order valence-corrected chi connectivity index (χ2v) is 6.47. The second kappa shape index (κ2) is 6.55. The number of fused-ring (bicyclic) bond motifs is 1. The van der Waals surface area contributed by atoms with Gasteiger partial charge in [0.15, 0.2) is 0 Å². The molecule has 0 radical (unpaired) electrons. The van der Waals surface area contributed by atoms with Gasteiger partial charge in [-0.05, 0) is 37.5 Å². The van der Waals surface area contributed by atoms with Crippen LogP contribution >= 0.6 is 0 Å². The van der Waals surface area contributed by atoms with Crippen LogP contribution in [-0.4, -0.2) is 29.8 Å². The Balaban J connectivity index is 1.82. The fraction of sp³-hybridized carbons (Fsp3) is 0.238. The summed E-state index contributed by atoms with van der Waals surface area (Å²) < 4.78 is 0. The van der Waals surface area contributed by atoms with E-state index in [0.717, 1.165) is 31.5 Å². The lowest BCUT2D eigenvalue weighted by Gasteiger charge is -2.31. The van der Waals surface area contributed by atoms with E-state index in [-0.39, 0.29) is 11.8 Å². The van der Waals surface area contributed by atoms with Gasteiger partial charge in [-0.1, -0.05) is 36.4 Å². The quantitative estimate of drug-likeness (QED) is 0.622. The molecule has 0 N–H and O–H groups in total. The summed E-state index contributed by atoms with van der Waals surface area (Å²) in [6, 6.07) is 16.5. The molecular weight excluding hydrogens is 312 g/mol. The molecule has 4 heteroatoms. The van der Waals surface area contributed by atoms with Crippen molar-refractivity contribution < 1.29 is 9.59 Å². The summed E-state index contributed by atoms with van der Waals surface area (Å²) in [4.78, 5) is 29.6. The molecule has 0 unspecified atom stereocenters. The Morgan fingerprint density at radius 1 is 0.720 bits per heavy atom. The predicted octanol–water partition coefficient (Wildman–Crippen LogP) is 3.70. The number of benzene rings is 2. The molecule has 0 saturated carbocycles. The zero-order valence-electron chi connectivity index (χ0n) is 14.0. The highest BCUT2D eigenvalue weighted by molar-refractivity contribution is 6.40. The number of hydrogen-bond donors (Lipinski definition) is 0. The lowest BCUT2D eigenvalue weighted by Crippen LogP contribution is -2.42. The van der Waals surface area contributed by atoms with Crippen molar-refractivity contribution in [3.8, 4) is 0 Å². The number of likely N-dealkylation sites (tertiary alicyclic amines) is 1. The minimum Gasteiger partial charge on any atom is -0.377 e. The van der Waals surface area contributed by atoms with E-state index in [4.69, 9.17) is 0 Å². The lowest BCUT2D eigenvalue weighted by molar-refractivity contribution is -0.112. The van der Waals surface area contributed by atoms with Crippen molar-refractivity contribution in [3.63, 3.8) is 0 Å². The number of rotatable bonds is 2. The fourth-order valence-electron chi connectivity index (χ4n) is 3.52. The number of piperidine rings is 1. The molecule has 0 atom stereocenters. The van der Waals surface area contributed by atoms with Gasteiger partial charge in [0.25, 0.3) is 11.8 Å². The Bertz CT molecular complexity index is 836. The van der Waals surface area contributed by atoms with Gasteiger partial charge >= 0.3 is 0 Å². The number of amides is 2. The number of anilines is 1. The molecule has 1 fully saturated rings. The van der Waals surface area contributed by atoms with E-state index in [1.165, 1.54) is 11.3 Å². The van der Waals surface area contributed by atoms with Gasteiger partial charge in [-0.2, -0.15) is 0 Å². The maximum absolute atomic E-state index is 13.2. The van der Waals surface area contributed by atoms with Gasteiger partial charge in [0, 0.05) is 30.4 Å². The van der Waals surface area contributed by atoms with Gasteiger partial charge in [-0.3, -0.25) is 9.59 Å². The molecule has 4 rings (SSSR count). The first-order chi connectivity index (χ1) is 12.3. The lowest BCUT2D eigenvalue weighted by atomic mass is 9.93. The van der Waals surface area contributed by atoms with E-state index >= 15 is 0 Å². The molecule has 2 heterocycles. The molecule has 25 heavy (non-hydrogen) atoms. The number of carbonyl (C=O) groups excluding carboxylic acids is 2. The molecule has 2 aromatic rings. The first-order valence-corrected chi connectivity index (χ1v) is 8.75. The van der Waals surface area contributed by atoms with Crippen LogP contribution in [-0.2, 0) is 4.79 Å². The first-order valence-electron chi connectivity index (χ1n) is 8.75. The number of carbonyl (C=O) groups is 2. The summed E-state index contributed by atoms with van der Waals surface area (Å²) in [5.74, 6) is -0.511. The standard InChI is InChI=1S/C21H20N2O2/c24-20-18-12-6-5-11-17(18)19(15-22-13-7-2-8-14-22)21(25)23(20)16-9-3-1-4-10-16/h1,3-6,9-12,15H,2,7-8,13-14H2/b19-15+. The third kappa shape index (κ3) is 2.84. The van der Waals surface area contributed by atoms with Gasteiger partial charge in [0.1, 0.15) is 0 Å². The van der Waals surface area contributed by atoms with Crippen molar-refractivity contribution in [2.24, 2.45) is 0 Å². The minimum atomic E-state index is -0.261. The van der Waals surface area contributed by atoms with E-state index in [1.807, 2.05) is 42.6 Å². The van der Waals surface area contributed by atoms with E-state index in [9.17, 15) is 9.59 Å². The van der Waals surface area contributed by atoms with Crippen molar-refractivity contribution in [2.45, 2.75) is 19.3 Å². The van der Waals surface area contributed by atoms with Crippen molar-refractivity contribution in [1.82, 2.24) is 4.90 Å². The molecule has 2 aliphatic rings. The van der Waals surface area contributed by atoms with Gasteiger partial charge in [0.05, 0.1) is 11.3 Å². The van der Waals surface area contributed by atoms with Gasteiger partial charge in [-0.15, -0.1) is 0 Å². The second-order valence-electron chi connectivity index (χ2n) is 6.47. The minimum absolute atomic E-state index is 0.250. The van der Waals surface area contributed by atoms with Crippen LogP contribution in [0, 0.1) is 0 Å². The summed E-state index contributed by atoms with van der Waals surface area (Å²) in [5, 5.41) is 0. The molecule has 1 saturated heterocycles. The number of imide groups is 1. The van der Waals surface area contributed by atoms with Crippen LogP contribution in [0.25, 0.3) is 5.57 Å². The Kier molecular flexibility index (Phi) is 4.10.